The van der Waals surface area contributed by atoms with E-state index in [-0.39, 0.29) is 18.4 Å². The van der Waals surface area contributed by atoms with E-state index in [1.165, 1.54) is 0 Å². The summed E-state index contributed by atoms with van der Waals surface area (Å²) in [5, 5.41) is 9.15. The number of aromatic nitrogens is 1. The van der Waals surface area contributed by atoms with Gasteiger partial charge in [-0.15, -0.1) is 0 Å². The summed E-state index contributed by atoms with van der Waals surface area (Å²) in [7, 11) is 0. The van der Waals surface area contributed by atoms with Crippen LogP contribution in [0, 0.1) is 5.92 Å². The lowest BCUT2D eigenvalue weighted by Crippen LogP contribution is -2.24. The number of pyridine rings is 1. The first-order valence-electron chi connectivity index (χ1n) is 6.70. The average molecular weight is 268 g/mol. The van der Waals surface area contributed by atoms with Crippen molar-refractivity contribution in [2.75, 3.05) is 18.1 Å². The Morgan fingerprint density at radius 1 is 1.20 bits per heavy atom. The van der Waals surface area contributed by atoms with Gasteiger partial charge in [-0.25, -0.2) is 0 Å². The standard InChI is InChI=1S/C16H16N2O2/c19-11-12-9-16(20)18(10-12)14-6-4-13(5-7-14)15-3-1-2-8-17-15/h1-8,12,19H,9-11H2. The molecule has 1 unspecified atom stereocenters. The van der Waals surface area contributed by atoms with Crippen LogP contribution >= 0.6 is 0 Å². The summed E-state index contributed by atoms with van der Waals surface area (Å²) in [6.07, 6.45) is 2.19. The van der Waals surface area contributed by atoms with E-state index in [0.717, 1.165) is 16.9 Å². The fourth-order valence-corrected chi connectivity index (χ4v) is 2.50. The highest BCUT2D eigenvalue weighted by Crippen LogP contribution is 2.27. The molecule has 1 aromatic carbocycles. The number of anilines is 1. The van der Waals surface area contributed by atoms with E-state index in [1.807, 2.05) is 42.5 Å². The van der Waals surface area contributed by atoms with E-state index < -0.39 is 0 Å². The molecule has 1 fully saturated rings. The Balaban J connectivity index is 1.82. The molecule has 1 aromatic heterocycles. The highest BCUT2D eigenvalue weighted by Gasteiger charge is 2.29. The molecule has 4 heteroatoms. The van der Waals surface area contributed by atoms with Crippen LogP contribution in [0.4, 0.5) is 5.69 Å². The normalized spacial score (nSPS) is 18.6. The molecule has 1 atom stereocenters. The van der Waals surface area contributed by atoms with Gasteiger partial charge in [-0.2, -0.15) is 0 Å². The molecule has 0 spiro atoms. The lowest BCUT2D eigenvalue weighted by molar-refractivity contribution is -0.117. The van der Waals surface area contributed by atoms with Crippen LogP contribution < -0.4 is 4.90 Å². The molecule has 0 aliphatic carbocycles. The molecule has 20 heavy (non-hydrogen) atoms. The van der Waals surface area contributed by atoms with Crippen LogP contribution in [0.2, 0.25) is 0 Å². The van der Waals surface area contributed by atoms with Crippen LogP contribution in [-0.2, 0) is 4.79 Å². The van der Waals surface area contributed by atoms with Crippen molar-refractivity contribution in [2.45, 2.75) is 6.42 Å². The SMILES string of the molecule is O=C1CC(CO)CN1c1ccc(-c2ccccn2)cc1. The van der Waals surface area contributed by atoms with E-state index in [1.54, 1.807) is 11.1 Å². The molecule has 0 bridgehead atoms. The smallest absolute Gasteiger partial charge is 0.227 e. The summed E-state index contributed by atoms with van der Waals surface area (Å²) in [6, 6.07) is 13.6. The van der Waals surface area contributed by atoms with Crippen LogP contribution in [0.5, 0.6) is 0 Å². The second-order valence-electron chi connectivity index (χ2n) is 5.02. The van der Waals surface area contributed by atoms with Crippen LogP contribution in [0.15, 0.2) is 48.7 Å². The minimum Gasteiger partial charge on any atom is -0.396 e. The summed E-state index contributed by atoms with van der Waals surface area (Å²) < 4.78 is 0. The Morgan fingerprint density at radius 2 is 2.00 bits per heavy atom. The number of rotatable bonds is 3. The number of aliphatic hydroxyl groups excluding tert-OH is 1. The third-order valence-electron chi connectivity index (χ3n) is 3.60. The van der Waals surface area contributed by atoms with Crippen molar-refractivity contribution >= 4 is 11.6 Å². The zero-order valence-corrected chi connectivity index (χ0v) is 11.1. The Kier molecular flexibility index (Phi) is 3.48. The van der Waals surface area contributed by atoms with Gasteiger partial charge in [0.2, 0.25) is 5.91 Å². The second kappa shape index (κ2) is 5.43. The largest absolute Gasteiger partial charge is 0.396 e. The second-order valence-corrected chi connectivity index (χ2v) is 5.02. The van der Waals surface area contributed by atoms with Crippen molar-refractivity contribution in [3.8, 4) is 11.3 Å². The molecule has 3 rings (SSSR count). The Bertz CT molecular complexity index is 596. The highest BCUT2D eigenvalue weighted by atomic mass is 16.3. The molecule has 1 aliphatic heterocycles. The minimum atomic E-state index is 0.0537. The van der Waals surface area contributed by atoms with Crippen molar-refractivity contribution < 1.29 is 9.90 Å². The van der Waals surface area contributed by atoms with Gasteiger partial charge in [-0.3, -0.25) is 9.78 Å². The summed E-state index contributed by atoms with van der Waals surface area (Å²) in [4.78, 5) is 17.9. The van der Waals surface area contributed by atoms with Crippen LogP contribution in [0.25, 0.3) is 11.3 Å². The fourth-order valence-electron chi connectivity index (χ4n) is 2.50. The van der Waals surface area contributed by atoms with Gasteiger partial charge < -0.3 is 10.0 Å². The maximum Gasteiger partial charge on any atom is 0.227 e. The van der Waals surface area contributed by atoms with Gasteiger partial charge in [-0.1, -0.05) is 18.2 Å². The monoisotopic (exact) mass is 268 g/mol. The maximum atomic E-state index is 11.9. The van der Waals surface area contributed by atoms with Gasteiger partial charge in [0.25, 0.3) is 0 Å². The first-order valence-corrected chi connectivity index (χ1v) is 6.70. The van der Waals surface area contributed by atoms with Gasteiger partial charge in [-0.05, 0) is 24.3 Å². The maximum absolute atomic E-state index is 11.9. The number of nitrogens with zero attached hydrogens (tertiary/aromatic N) is 2. The number of aliphatic hydroxyl groups is 1. The molecule has 102 valence electrons. The molecule has 2 heterocycles. The summed E-state index contributed by atoms with van der Waals surface area (Å²) in [6.45, 7) is 0.659. The van der Waals surface area contributed by atoms with E-state index in [9.17, 15) is 4.79 Å². The molecular weight excluding hydrogens is 252 g/mol. The number of benzene rings is 1. The third kappa shape index (κ3) is 2.42. The summed E-state index contributed by atoms with van der Waals surface area (Å²) in [5.41, 5.74) is 2.82. The Morgan fingerprint density at radius 3 is 2.60 bits per heavy atom. The minimum absolute atomic E-state index is 0.0537. The van der Waals surface area contributed by atoms with Gasteiger partial charge >= 0.3 is 0 Å². The molecule has 1 N–H and O–H groups in total. The van der Waals surface area contributed by atoms with Crippen LogP contribution in [0.1, 0.15) is 6.42 Å². The van der Waals surface area contributed by atoms with E-state index >= 15 is 0 Å². The van der Waals surface area contributed by atoms with Gasteiger partial charge in [0, 0.05) is 42.9 Å². The zero-order valence-electron chi connectivity index (χ0n) is 11.1. The number of amides is 1. The van der Waals surface area contributed by atoms with Crippen molar-refractivity contribution in [1.82, 2.24) is 4.98 Å². The van der Waals surface area contributed by atoms with Gasteiger partial charge in [0.15, 0.2) is 0 Å². The number of hydrogen-bond donors (Lipinski definition) is 1. The molecular formula is C16H16N2O2. The molecule has 0 radical (unpaired) electrons. The predicted molar refractivity (Wildman–Crippen MR) is 77.2 cm³/mol. The number of carbonyl (C=O) groups is 1. The summed E-state index contributed by atoms with van der Waals surface area (Å²) >= 11 is 0. The molecule has 4 nitrogen and oxygen atoms in total. The summed E-state index contributed by atoms with van der Waals surface area (Å²) in [5.74, 6) is 0.132. The zero-order chi connectivity index (χ0) is 13.9. The Hall–Kier alpha value is -2.20. The van der Waals surface area contributed by atoms with Crippen molar-refractivity contribution in [2.24, 2.45) is 5.92 Å². The molecule has 1 amide bonds. The molecule has 2 aromatic rings. The van der Waals surface area contributed by atoms with Crippen molar-refractivity contribution in [3.05, 3.63) is 48.7 Å². The number of carbonyl (C=O) groups excluding carboxylic acids is 1. The quantitative estimate of drug-likeness (QED) is 0.927. The fraction of sp³-hybridized carbons (Fsp3) is 0.250. The van der Waals surface area contributed by atoms with E-state index in [4.69, 9.17) is 5.11 Å². The topological polar surface area (TPSA) is 53.4 Å². The first kappa shape index (κ1) is 12.8. The highest BCUT2D eigenvalue weighted by molar-refractivity contribution is 5.95. The molecule has 0 saturated carbocycles. The molecule has 1 aliphatic rings. The van der Waals surface area contributed by atoms with Crippen molar-refractivity contribution in [3.63, 3.8) is 0 Å². The Labute approximate surface area is 117 Å². The number of hydrogen-bond acceptors (Lipinski definition) is 3. The van der Waals surface area contributed by atoms with Crippen molar-refractivity contribution in [1.29, 1.82) is 0 Å². The van der Waals surface area contributed by atoms with Crippen LogP contribution in [0.3, 0.4) is 0 Å². The lowest BCUT2D eigenvalue weighted by Gasteiger charge is -2.16. The first-order chi connectivity index (χ1) is 9.78. The third-order valence-corrected chi connectivity index (χ3v) is 3.60. The van der Waals surface area contributed by atoms with Gasteiger partial charge in [0.1, 0.15) is 0 Å². The van der Waals surface area contributed by atoms with Crippen LogP contribution in [-0.4, -0.2) is 29.1 Å². The average Bonchev–Trinajstić information content (AvgIpc) is 2.89. The van der Waals surface area contributed by atoms with E-state index in [0.29, 0.717) is 13.0 Å². The van der Waals surface area contributed by atoms with Gasteiger partial charge in [0.05, 0.1) is 5.69 Å². The predicted octanol–water partition coefficient (Wildman–Crippen LogP) is 2.09. The molecule has 1 saturated heterocycles. The van der Waals surface area contributed by atoms with E-state index in [2.05, 4.69) is 4.98 Å². The lowest BCUT2D eigenvalue weighted by atomic mass is 10.1.